The molecule has 3 amide bonds. The zero-order valence-corrected chi connectivity index (χ0v) is 16.0. The Morgan fingerprint density at radius 2 is 1.44 bits per heavy atom. The Morgan fingerprint density at radius 1 is 0.926 bits per heavy atom. The van der Waals surface area contributed by atoms with Crippen molar-refractivity contribution in [3.8, 4) is 0 Å². The topological polar surface area (TPSA) is 188 Å². The molecule has 0 saturated carbocycles. The molecule has 0 spiro atoms. The van der Waals surface area contributed by atoms with Gasteiger partial charge in [0.05, 0.1) is 13.0 Å². The third-order valence-corrected chi connectivity index (χ3v) is 3.72. The van der Waals surface area contributed by atoms with Gasteiger partial charge < -0.3 is 31.9 Å². The van der Waals surface area contributed by atoms with Gasteiger partial charge in [0.1, 0.15) is 18.1 Å². The summed E-state index contributed by atoms with van der Waals surface area (Å²) in [6.45, 7) is 3.27. The fourth-order valence-electron chi connectivity index (χ4n) is 2.07. The van der Waals surface area contributed by atoms with Gasteiger partial charge in [-0.1, -0.05) is 13.8 Å². The first-order chi connectivity index (χ1) is 12.5. The smallest absolute Gasteiger partial charge is 0.327 e. The number of thiol groups is 1. The van der Waals surface area contributed by atoms with Gasteiger partial charge in [0.15, 0.2) is 0 Å². The molecule has 0 rings (SSSR count). The summed E-state index contributed by atoms with van der Waals surface area (Å²) in [5.41, 5.74) is 5.22. The molecule has 0 heterocycles. The summed E-state index contributed by atoms with van der Waals surface area (Å²) < 4.78 is 0. The van der Waals surface area contributed by atoms with Crippen molar-refractivity contribution in [1.82, 2.24) is 16.0 Å². The Bertz CT molecular complexity index is 570. The van der Waals surface area contributed by atoms with Crippen molar-refractivity contribution in [2.24, 2.45) is 11.7 Å². The number of carboxylic acid groups (broad SMARTS) is 2. The first-order valence-corrected chi connectivity index (χ1v) is 8.80. The Hall–Kier alpha value is -2.34. The van der Waals surface area contributed by atoms with Crippen LogP contribution in [0, 0.1) is 5.92 Å². The molecule has 0 saturated heterocycles. The summed E-state index contributed by atoms with van der Waals surface area (Å²) in [7, 11) is 0. The highest BCUT2D eigenvalue weighted by atomic mass is 32.1. The molecule has 0 radical (unpaired) electrons. The van der Waals surface area contributed by atoms with Crippen molar-refractivity contribution in [2.75, 3.05) is 12.3 Å². The normalized spacial score (nSPS) is 14.0. The van der Waals surface area contributed by atoms with E-state index in [-0.39, 0.29) is 24.6 Å². The highest BCUT2D eigenvalue weighted by Gasteiger charge is 2.30. The number of carbonyl (C=O) groups is 5. The molecule has 27 heavy (non-hydrogen) atoms. The van der Waals surface area contributed by atoms with Gasteiger partial charge in [0, 0.05) is 5.75 Å². The summed E-state index contributed by atoms with van der Waals surface area (Å²) in [4.78, 5) is 58.2. The lowest BCUT2D eigenvalue weighted by Crippen LogP contribution is -2.57. The van der Waals surface area contributed by atoms with E-state index in [4.69, 9.17) is 15.9 Å². The molecule has 0 aromatic rings. The second-order valence-corrected chi connectivity index (χ2v) is 6.56. The van der Waals surface area contributed by atoms with Crippen LogP contribution in [0.4, 0.5) is 0 Å². The molecule has 0 aliphatic rings. The van der Waals surface area contributed by atoms with Crippen LogP contribution in [0.25, 0.3) is 0 Å². The van der Waals surface area contributed by atoms with E-state index in [0.717, 1.165) is 0 Å². The Kier molecular flexibility index (Phi) is 11.1. The molecule has 154 valence electrons. The molecule has 0 aliphatic carbocycles. The molecule has 0 aromatic carbocycles. The lowest BCUT2D eigenvalue weighted by atomic mass is 10.0. The monoisotopic (exact) mass is 406 g/mol. The molecule has 12 heteroatoms. The van der Waals surface area contributed by atoms with E-state index in [1.54, 1.807) is 13.8 Å². The van der Waals surface area contributed by atoms with E-state index in [2.05, 4.69) is 28.6 Å². The standard InChI is InChI=1S/C15H26N4O7S/c1-7(2)3-8(17-11(20)5-16)13(23)18-9(4-12(21)22)14(24)19-10(6-27)15(25)26/h7-10,27H,3-6,16H2,1-2H3,(H,17,20)(H,18,23)(H,19,24)(H,21,22)(H,25,26). The van der Waals surface area contributed by atoms with E-state index in [9.17, 15) is 24.0 Å². The van der Waals surface area contributed by atoms with Crippen LogP contribution >= 0.6 is 12.6 Å². The van der Waals surface area contributed by atoms with Gasteiger partial charge in [-0.3, -0.25) is 19.2 Å². The largest absolute Gasteiger partial charge is 0.481 e. The first kappa shape index (κ1) is 24.7. The second-order valence-electron chi connectivity index (χ2n) is 6.19. The van der Waals surface area contributed by atoms with Gasteiger partial charge in [-0.2, -0.15) is 12.6 Å². The van der Waals surface area contributed by atoms with Crippen LogP contribution in [0.2, 0.25) is 0 Å². The van der Waals surface area contributed by atoms with Gasteiger partial charge in [0.25, 0.3) is 0 Å². The number of hydrogen-bond donors (Lipinski definition) is 7. The van der Waals surface area contributed by atoms with E-state index in [1.165, 1.54) is 0 Å². The molecular formula is C15H26N4O7S. The third kappa shape index (κ3) is 9.80. The molecular weight excluding hydrogens is 380 g/mol. The first-order valence-electron chi connectivity index (χ1n) is 8.17. The zero-order chi connectivity index (χ0) is 21.1. The number of aliphatic carboxylic acids is 2. The second kappa shape index (κ2) is 12.1. The quantitative estimate of drug-likeness (QED) is 0.180. The molecule has 0 aromatic heterocycles. The highest BCUT2D eigenvalue weighted by Crippen LogP contribution is 2.06. The van der Waals surface area contributed by atoms with Crippen LogP contribution in [0.15, 0.2) is 0 Å². The molecule has 0 bridgehead atoms. The van der Waals surface area contributed by atoms with E-state index in [0.29, 0.717) is 0 Å². The van der Waals surface area contributed by atoms with E-state index < -0.39 is 54.2 Å². The summed E-state index contributed by atoms with van der Waals surface area (Å²) in [5, 5.41) is 24.7. The fourth-order valence-corrected chi connectivity index (χ4v) is 2.32. The minimum Gasteiger partial charge on any atom is -0.481 e. The Labute approximate surface area is 161 Å². The van der Waals surface area contributed by atoms with Gasteiger partial charge in [-0.05, 0) is 12.3 Å². The summed E-state index contributed by atoms with van der Waals surface area (Å²) in [6.07, 6.45) is -0.539. The average Bonchev–Trinajstić information content (AvgIpc) is 2.56. The average molecular weight is 406 g/mol. The van der Waals surface area contributed by atoms with Crippen molar-refractivity contribution in [1.29, 1.82) is 0 Å². The Balaban J connectivity index is 5.29. The number of nitrogens with one attached hydrogen (secondary N) is 3. The van der Waals surface area contributed by atoms with Crippen LogP contribution in [0.5, 0.6) is 0 Å². The number of rotatable bonds is 12. The molecule has 0 aliphatic heterocycles. The fraction of sp³-hybridized carbons (Fsp3) is 0.667. The van der Waals surface area contributed by atoms with Crippen LogP contribution < -0.4 is 21.7 Å². The number of amides is 3. The van der Waals surface area contributed by atoms with Gasteiger partial charge >= 0.3 is 11.9 Å². The maximum absolute atomic E-state index is 12.4. The lowest BCUT2D eigenvalue weighted by molar-refractivity contribution is -0.143. The maximum atomic E-state index is 12.4. The third-order valence-electron chi connectivity index (χ3n) is 3.35. The van der Waals surface area contributed by atoms with Gasteiger partial charge in [0.2, 0.25) is 17.7 Å². The van der Waals surface area contributed by atoms with Crippen LogP contribution in [0.1, 0.15) is 26.7 Å². The van der Waals surface area contributed by atoms with Crippen molar-refractivity contribution >= 4 is 42.3 Å². The number of carbonyl (C=O) groups excluding carboxylic acids is 3. The van der Waals surface area contributed by atoms with Gasteiger partial charge in [-0.15, -0.1) is 0 Å². The molecule has 3 atom stereocenters. The van der Waals surface area contributed by atoms with Crippen molar-refractivity contribution < 1.29 is 34.2 Å². The summed E-state index contributed by atoms with van der Waals surface area (Å²) in [5.74, 6) is -5.30. The zero-order valence-electron chi connectivity index (χ0n) is 15.1. The maximum Gasteiger partial charge on any atom is 0.327 e. The van der Waals surface area contributed by atoms with Crippen molar-refractivity contribution in [3.63, 3.8) is 0 Å². The summed E-state index contributed by atoms with van der Waals surface area (Å²) in [6, 6.07) is -3.90. The minimum absolute atomic E-state index is 0.00569. The van der Waals surface area contributed by atoms with E-state index in [1.807, 2.05) is 0 Å². The molecule has 11 nitrogen and oxygen atoms in total. The molecule has 3 unspecified atom stereocenters. The van der Waals surface area contributed by atoms with Crippen LogP contribution in [-0.4, -0.2) is 70.3 Å². The van der Waals surface area contributed by atoms with Crippen molar-refractivity contribution in [3.05, 3.63) is 0 Å². The molecule has 0 fully saturated rings. The highest BCUT2D eigenvalue weighted by molar-refractivity contribution is 7.80. The van der Waals surface area contributed by atoms with Gasteiger partial charge in [-0.25, -0.2) is 4.79 Å². The van der Waals surface area contributed by atoms with E-state index >= 15 is 0 Å². The number of carboxylic acids is 2. The number of hydrogen-bond acceptors (Lipinski definition) is 7. The lowest BCUT2D eigenvalue weighted by Gasteiger charge is -2.24. The van der Waals surface area contributed by atoms with Crippen molar-refractivity contribution in [2.45, 2.75) is 44.8 Å². The SMILES string of the molecule is CC(C)CC(NC(=O)CN)C(=O)NC(CC(=O)O)C(=O)NC(CS)C(=O)O. The Morgan fingerprint density at radius 3 is 1.85 bits per heavy atom. The predicted molar refractivity (Wildman–Crippen MR) is 98.0 cm³/mol. The van der Waals surface area contributed by atoms with Crippen LogP contribution in [-0.2, 0) is 24.0 Å². The molecule has 7 N–H and O–H groups in total. The summed E-state index contributed by atoms with van der Waals surface area (Å²) >= 11 is 3.80. The predicted octanol–water partition coefficient (Wildman–Crippen LogP) is -2.07. The number of nitrogens with two attached hydrogens (primary N) is 1. The van der Waals surface area contributed by atoms with Crippen LogP contribution in [0.3, 0.4) is 0 Å². The minimum atomic E-state index is -1.53.